The van der Waals surface area contributed by atoms with Gasteiger partial charge in [0.25, 0.3) is 0 Å². The molecule has 1 heterocycles. The minimum atomic E-state index is -3.42. The van der Waals surface area contributed by atoms with Crippen molar-refractivity contribution >= 4 is 15.7 Å². The lowest BCUT2D eigenvalue weighted by Gasteiger charge is -2.22. The van der Waals surface area contributed by atoms with E-state index in [1.165, 1.54) is 0 Å². The van der Waals surface area contributed by atoms with Crippen LogP contribution in [0, 0.1) is 11.3 Å². The second kappa shape index (κ2) is 6.59. The Hall–Kier alpha value is -1.78. The highest BCUT2D eigenvalue weighted by Gasteiger charge is 2.27. The topological polar surface area (TPSA) is 88.4 Å². The van der Waals surface area contributed by atoms with Gasteiger partial charge in [-0.25, -0.2) is 8.42 Å². The highest BCUT2D eigenvalue weighted by atomic mass is 32.2. The van der Waals surface area contributed by atoms with Crippen LogP contribution in [0.15, 0.2) is 24.3 Å². The van der Waals surface area contributed by atoms with Crippen molar-refractivity contribution in [3.8, 4) is 11.8 Å². The Morgan fingerprint density at radius 3 is 2.85 bits per heavy atom. The van der Waals surface area contributed by atoms with E-state index in [2.05, 4.69) is 4.72 Å². The van der Waals surface area contributed by atoms with Gasteiger partial charge in [-0.1, -0.05) is 6.07 Å². The Kier molecular flexibility index (Phi) is 4.82. The van der Waals surface area contributed by atoms with Gasteiger partial charge in [0.1, 0.15) is 11.8 Å². The van der Waals surface area contributed by atoms with Crippen molar-refractivity contribution < 1.29 is 17.9 Å². The number of ether oxygens (including phenoxy) is 2. The molecule has 1 N–H and O–H groups in total. The summed E-state index contributed by atoms with van der Waals surface area (Å²) in [5.74, 6) is 0.457. The van der Waals surface area contributed by atoms with Crippen molar-refractivity contribution in [1.29, 1.82) is 5.26 Å². The van der Waals surface area contributed by atoms with Crippen molar-refractivity contribution in [3.05, 3.63) is 24.3 Å². The summed E-state index contributed by atoms with van der Waals surface area (Å²) in [6, 6.07) is 8.42. The number of nitrogens with zero attached hydrogens (tertiary/aromatic N) is 1. The Labute approximate surface area is 118 Å². The van der Waals surface area contributed by atoms with Crippen LogP contribution >= 0.6 is 0 Å². The molecule has 1 aromatic rings. The van der Waals surface area contributed by atoms with Gasteiger partial charge in [-0.15, -0.1) is 0 Å². The molecule has 0 atom stereocenters. The number of hydrogen-bond acceptors (Lipinski definition) is 5. The molecule has 1 fully saturated rings. The molecule has 1 aliphatic heterocycles. The van der Waals surface area contributed by atoms with Crippen LogP contribution in [-0.4, -0.2) is 33.5 Å². The summed E-state index contributed by atoms with van der Waals surface area (Å²) in [5.41, 5.74) is 0.437. The monoisotopic (exact) mass is 296 g/mol. The Balaban J connectivity index is 2.06. The summed E-state index contributed by atoms with van der Waals surface area (Å²) in [4.78, 5) is 0. The fourth-order valence-electron chi connectivity index (χ4n) is 2.00. The molecule has 20 heavy (non-hydrogen) atoms. The van der Waals surface area contributed by atoms with Crippen LogP contribution in [0.25, 0.3) is 0 Å². The van der Waals surface area contributed by atoms with E-state index in [-0.39, 0.29) is 6.61 Å². The second-order valence-corrected chi connectivity index (χ2v) is 6.39. The van der Waals surface area contributed by atoms with Gasteiger partial charge in [-0.2, -0.15) is 5.26 Å². The maximum absolute atomic E-state index is 12.2. The molecule has 0 unspecified atom stereocenters. The van der Waals surface area contributed by atoms with Crippen molar-refractivity contribution in [1.82, 2.24) is 0 Å². The number of benzene rings is 1. The SMILES string of the molecule is N#CCOc1cccc(NS(=O)(=O)C2CCOCC2)c1. The number of anilines is 1. The molecule has 0 radical (unpaired) electrons. The fraction of sp³-hybridized carbons (Fsp3) is 0.462. The van der Waals surface area contributed by atoms with Gasteiger partial charge in [-0.3, -0.25) is 4.72 Å². The van der Waals surface area contributed by atoms with Crippen molar-refractivity contribution in [3.63, 3.8) is 0 Å². The average Bonchev–Trinajstić information content (AvgIpc) is 2.46. The van der Waals surface area contributed by atoms with Crippen LogP contribution in [0.3, 0.4) is 0 Å². The zero-order valence-electron chi connectivity index (χ0n) is 10.9. The first-order chi connectivity index (χ1) is 9.62. The molecule has 108 valence electrons. The van der Waals surface area contributed by atoms with Gasteiger partial charge < -0.3 is 9.47 Å². The van der Waals surface area contributed by atoms with Crippen molar-refractivity contribution in [2.45, 2.75) is 18.1 Å². The van der Waals surface area contributed by atoms with Gasteiger partial charge in [0, 0.05) is 19.3 Å². The van der Waals surface area contributed by atoms with E-state index in [4.69, 9.17) is 14.7 Å². The molecule has 1 aromatic carbocycles. The minimum Gasteiger partial charge on any atom is -0.479 e. The quantitative estimate of drug-likeness (QED) is 0.889. The van der Waals surface area contributed by atoms with E-state index < -0.39 is 15.3 Å². The lowest BCUT2D eigenvalue weighted by molar-refractivity contribution is 0.0984. The lowest BCUT2D eigenvalue weighted by Crippen LogP contribution is -2.33. The molecule has 2 rings (SSSR count). The fourth-order valence-corrected chi connectivity index (χ4v) is 3.43. The van der Waals surface area contributed by atoms with E-state index in [0.717, 1.165) is 0 Å². The number of hydrogen-bond donors (Lipinski definition) is 1. The summed E-state index contributed by atoms with van der Waals surface area (Å²) in [7, 11) is -3.42. The molecular weight excluding hydrogens is 280 g/mol. The van der Waals surface area contributed by atoms with Crippen LogP contribution in [0.1, 0.15) is 12.8 Å². The normalized spacial score (nSPS) is 16.4. The highest BCUT2D eigenvalue weighted by Crippen LogP contribution is 2.22. The second-order valence-electron chi connectivity index (χ2n) is 4.43. The average molecular weight is 296 g/mol. The van der Waals surface area contributed by atoms with E-state index in [1.807, 2.05) is 6.07 Å². The predicted octanol–water partition coefficient (Wildman–Crippen LogP) is 1.51. The van der Waals surface area contributed by atoms with Crippen LogP contribution in [0.4, 0.5) is 5.69 Å². The van der Waals surface area contributed by atoms with Crippen LogP contribution in [0.2, 0.25) is 0 Å². The third-order valence-corrected chi connectivity index (χ3v) is 4.87. The smallest absolute Gasteiger partial charge is 0.235 e. The molecule has 0 amide bonds. The molecule has 1 aliphatic rings. The molecule has 0 aromatic heterocycles. The third-order valence-electron chi connectivity index (χ3n) is 3.00. The number of rotatable bonds is 5. The highest BCUT2D eigenvalue weighted by molar-refractivity contribution is 7.93. The van der Waals surface area contributed by atoms with Crippen molar-refractivity contribution in [2.75, 3.05) is 24.5 Å². The van der Waals surface area contributed by atoms with Gasteiger partial charge >= 0.3 is 0 Å². The summed E-state index contributed by atoms with van der Waals surface area (Å²) in [5, 5.41) is 8.02. The van der Waals surface area contributed by atoms with Crippen molar-refractivity contribution in [2.24, 2.45) is 0 Å². The molecule has 1 saturated heterocycles. The number of sulfonamides is 1. The zero-order chi connectivity index (χ0) is 14.4. The molecule has 0 spiro atoms. The first-order valence-electron chi connectivity index (χ1n) is 6.31. The Bertz CT molecular complexity index is 589. The zero-order valence-corrected chi connectivity index (χ0v) is 11.7. The number of nitriles is 1. The molecule has 0 aliphatic carbocycles. The first kappa shape index (κ1) is 14.6. The van der Waals surface area contributed by atoms with Gasteiger partial charge in [0.05, 0.1) is 10.9 Å². The molecule has 0 bridgehead atoms. The minimum absolute atomic E-state index is 0.0732. The lowest BCUT2D eigenvalue weighted by atomic mass is 10.2. The Morgan fingerprint density at radius 1 is 1.40 bits per heavy atom. The summed E-state index contributed by atoms with van der Waals surface area (Å²) in [6.45, 7) is 0.865. The van der Waals surface area contributed by atoms with E-state index in [1.54, 1.807) is 24.3 Å². The molecular formula is C13H16N2O4S. The van der Waals surface area contributed by atoms with E-state index in [9.17, 15) is 8.42 Å². The van der Waals surface area contributed by atoms with Crippen LogP contribution in [0.5, 0.6) is 5.75 Å². The van der Waals surface area contributed by atoms with E-state index >= 15 is 0 Å². The maximum Gasteiger partial charge on any atom is 0.235 e. The van der Waals surface area contributed by atoms with E-state index in [0.29, 0.717) is 37.5 Å². The molecule has 0 saturated carbocycles. The first-order valence-corrected chi connectivity index (χ1v) is 7.85. The standard InChI is InChI=1S/C13H16N2O4S/c14-6-9-19-12-3-1-2-11(10-12)15-20(16,17)13-4-7-18-8-5-13/h1-3,10,13,15H,4-5,7-9H2. The largest absolute Gasteiger partial charge is 0.479 e. The summed E-state index contributed by atoms with van der Waals surface area (Å²) < 4.78 is 37.3. The van der Waals surface area contributed by atoms with Gasteiger partial charge in [0.2, 0.25) is 10.0 Å². The third kappa shape index (κ3) is 3.85. The predicted molar refractivity (Wildman–Crippen MR) is 73.9 cm³/mol. The van der Waals surface area contributed by atoms with Gasteiger partial charge in [-0.05, 0) is 25.0 Å². The van der Waals surface area contributed by atoms with Crippen LogP contribution < -0.4 is 9.46 Å². The maximum atomic E-state index is 12.2. The summed E-state index contributed by atoms with van der Waals surface area (Å²) >= 11 is 0. The Morgan fingerprint density at radius 2 is 2.15 bits per heavy atom. The van der Waals surface area contributed by atoms with Crippen LogP contribution in [-0.2, 0) is 14.8 Å². The number of nitrogens with one attached hydrogen (secondary N) is 1. The summed E-state index contributed by atoms with van der Waals surface area (Å²) in [6.07, 6.45) is 1.000. The molecule has 7 heteroatoms. The van der Waals surface area contributed by atoms with Gasteiger partial charge in [0.15, 0.2) is 6.61 Å². The molecule has 6 nitrogen and oxygen atoms in total.